The molecule has 12 heteroatoms. The van der Waals surface area contributed by atoms with E-state index in [0.29, 0.717) is 50.3 Å². The van der Waals surface area contributed by atoms with Crippen LogP contribution in [-0.4, -0.2) is 141 Å². The van der Waals surface area contributed by atoms with Gasteiger partial charge in [0.15, 0.2) is 13.1 Å². The third kappa shape index (κ3) is 65.6. The molecule has 558 valence electrons. The van der Waals surface area contributed by atoms with E-state index in [2.05, 4.69) is 67.7 Å². The molecular formula is C82H166N7O5+. The number of nitrogens with zero attached hydrogens (tertiary/aromatic N) is 3. The van der Waals surface area contributed by atoms with Gasteiger partial charge in [0, 0.05) is 39.3 Å². The number of unbranched alkanes of at least 4 members (excludes halogenated alkanes) is 50. The highest BCUT2D eigenvalue weighted by Gasteiger charge is 2.33. The van der Waals surface area contributed by atoms with Gasteiger partial charge in [0.25, 0.3) is 11.8 Å². The van der Waals surface area contributed by atoms with Crippen molar-refractivity contribution in [2.75, 3.05) is 91.6 Å². The number of carbonyl (C=O) groups excluding carboxylic acids is 4. The summed E-state index contributed by atoms with van der Waals surface area (Å²) in [5.74, 6) is -0.0187. The Morgan fingerprint density at radius 3 is 0.745 bits per heavy atom. The largest absolute Gasteiger partial charge is 0.390 e. The second-order valence-corrected chi connectivity index (χ2v) is 29.7. The standard InChI is InChI=1S/C82H165N7O5/c1-7-13-19-25-31-37-39-41-43-49-55-62-70-89(76-81(93)85-66-58-52-46-35-29-23-17-11-5,77-82(94)86-67-59-53-47-36-30-24-18-12-6)71-63-61-69-87(68-60-54-48-42-40-38-32-26-20-14-8-2)72-78(90)73-88(74-79(91)83-64-56-50-44-33-27-21-15-9-3)75-80(92)84-65-57-51-45-34-28-22-16-10-4/h78,90H,7-77H2,1-6H3,(H3-,83,84,85,86,91,92,93,94)/p+1. The fourth-order valence-electron chi connectivity index (χ4n) is 13.9. The minimum atomic E-state index is -0.746. The molecule has 0 fully saturated rings. The Morgan fingerprint density at radius 2 is 0.468 bits per heavy atom. The number of hydrogen-bond donors (Lipinski definition) is 5. The van der Waals surface area contributed by atoms with E-state index >= 15 is 0 Å². The summed E-state index contributed by atoms with van der Waals surface area (Å²) in [6.07, 6.45) is 69.3. The molecule has 0 aliphatic heterocycles. The van der Waals surface area contributed by atoms with Crippen molar-refractivity contribution in [3.8, 4) is 0 Å². The monoisotopic (exact) mass is 1330 g/mol. The van der Waals surface area contributed by atoms with Crippen LogP contribution in [0.5, 0.6) is 0 Å². The highest BCUT2D eigenvalue weighted by molar-refractivity contribution is 5.81. The predicted molar refractivity (Wildman–Crippen MR) is 408 cm³/mol. The van der Waals surface area contributed by atoms with Gasteiger partial charge in [-0.25, -0.2) is 0 Å². The zero-order valence-corrected chi connectivity index (χ0v) is 64.2. The molecule has 0 heterocycles. The summed E-state index contributed by atoms with van der Waals surface area (Å²) in [5.41, 5.74) is 0. The van der Waals surface area contributed by atoms with Gasteiger partial charge >= 0.3 is 0 Å². The van der Waals surface area contributed by atoms with Gasteiger partial charge in [-0.3, -0.25) is 24.1 Å². The van der Waals surface area contributed by atoms with Crippen molar-refractivity contribution < 1.29 is 28.8 Å². The van der Waals surface area contributed by atoms with Crippen LogP contribution in [0.25, 0.3) is 0 Å². The van der Waals surface area contributed by atoms with E-state index in [1.165, 1.54) is 276 Å². The summed E-state index contributed by atoms with van der Waals surface area (Å²) in [7, 11) is 0. The Balaban J connectivity index is 6.54. The third-order valence-corrected chi connectivity index (χ3v) is 20.0. The number of hydrogen-bond acceptors (Lipinski definition) is 7. The van der Waals surface area contributed by atoms with Crippen molar-refractivity contribution in [2.45, 2.75) is 414 Å². The lowest BCUT2D eigenvalue weighted by Gasteiger charge is -2.38. The van der Waals surface area contributed by atoms with Crippen molar-refractivity contribution in [3.05, 3.63) is 0 Å². The van der Waals surface area contributed by atoms with Crippen molar-refractivity contribution >= 4 is 23.6 Å². The first-order chi connectivity index (χ1) is 46.1. The molecule has 12 nitrogen and oxygen atoms in total. The predicted octanol–water partition coefficient (Wildman–Crippen LogP) is 20.6. The van der Waals surface area contributed by atoms with Crippen molar-refractivity contribution in [3.63, 3.8) is 0 Å². The first-order valence-electron chi connectivity index (χ1n) is 42.1. The fourth-order valence-corrected chi connectivity index (χ4v) is 13.9. The molecule has 0 radical (unpaired) electrons. The summed E-state index contributed by atoms with van der Waals surface area (Å²) in [6.45, 7) is 21.1. The number of carbonyl (C=O) groups is 4. The van der Waals surface area contributed by atoms with Crippen LogP contribution in [0.3, 0.4) is 0 Å². The molecule has 0 saturated carbocycles. The molecule has 4 amide bonds. The molecule has 0 aliphatic rings. The number of nitrogens with one attached hydrogen (secondary N) is 4. The summed E-state index contributed by atoms with van der Waals surface area (Å²) in [4.78, 5) is 60.0. The van der Waals surface area contributed by atoms with E-state index in [-0.39, 0.29) is 43.3 Å². The lowest BCUT2D eigenvalue weighted by Crippen LogP contribution is -2.58. The van der Waals surface area contributed by atoms with Crippen molar-refractivity contribution in [1.82, 2.24) is 31.1 Å². The van der Waals surface area contributed by atoms with Crippen LogP contribution in [0, 0.1) is 0 Å². The summed E-state index contributed by atoms with van der Waals surface area (Å²) in [5, 5.41) is 25.1. The maximum atomic E-state index is 14.3. The Morgan fingerprint density at radius 1 is 0.266 bits per heavy atom. The molecule has 0 saturated heterocycles. The van der Waals surface area contributed by atoms with E-state index in [4.69, 9.17) is 0 Å². The summed E-state index contributed by atoms with van der Waals surface area (Å²) in [6, 6.07) is 0. The van der Waals surface area contributed by atoms with Gasteiger partial charge in [-0.15, -0.1) is 0 Å². The number of rotatable bonds is 78. The van der Waals surface area contributed by atoms with Gasteiger partial charge in [0.1, 0.15) is 0 Å². The fraction of sp³-hybridized carbons (Fsp3) is 0.951. The molecule has 0 bridgehead atoms. The lowest BCUT2D eigenvalue weighted by molar-refractivity contribution is -0.913. The SMILES string of the molecule is CCCCCCCCCCCCCC[N+](CCCCN(CCCCCCCCCCCCC)CC(O)CN(CC(=O)NCCCCCCCCCC)CC(=O)NCCCCCCCCCC)(CC(=O)NCCCCCCCCCC)CC(=O)NCCCCCCCCCC. The van der Waals surface area contributed by atoms with Crippen LogP contribution >= 0.6 is 0 Å². The molecule has 0 aliphatic carbocycles. The Kier molecular flexibility index (Phi) is 71.7. The van der Waals surface area contributed by atoms with Gasteiger partial charge in [-0.05, 0) is 70.9 Å². The van der Waals surface area contributed by atoms with Crippen LogP contribution < -0.4 is 21.3 Å². The average Bonchev–Trinajstić information content (AvgIpc) is 1.04. The maximum Gasteiger partial charge on any atom is 0.275 e. The van der Waals surface area contributed by atoms with Gasteiger partial charge in [0.2, 0.25) is 11.8 Å². The minimum absolute atomic E-state index is 0.0762. The topological polar surface area (TPSA) is 143 Å². The summed E-state index contributed by atoms with van der Waals surface area (Å²) < 4.78 is 0.489. The van der Waals surface area contributed by atoms with E-state index in [0.717, 1.165) is 116 Å². The smallest absolute Gasteiger partial charge is 0.275 e. The third-order valence-electron chi connectivity index (χ3n) is 20.0. The van der Waals surface area contributed by atoms with Gasteiger partial charge in [-0.1, -0.05) is 350 Å². The van der Waals surface area contributed by atoms with E-state index in [9.17, 15) is 24.3 Å². The van der Waals surface area contributed by atoms with Crippen LogP contribution in [0.2, 0.25) is 0 Å². The zero-order valence-electron chi connectivity index (χ0n) is 64.2. The second kappa shape index (κ2) is 73.4. The normalized spacial score (nSPS) is 12.1. The number of amides is 4. The number of aliphatic hydroxyl groups is 1. The highest BCUT2D eigenvalue weighted by Crippen LogP contribution is 2.19. The Bertz CT molecular complexity index is 1530. The van der Waals surface area contributed by atoms with Crippen LogP contribution in [0.15, 0.2) is 0 Å². The first kappa shape index (κ1) is 91.7. The molecule has 0 aromatic heterocycles. The molecule has 1 atom stereocenters. The van der Waals surface area contributed by atoms with Crippen molar-refractivity contribution in [2.24, 2.45) is 0 Å². The van der Waals surface area contributed by atoms with Gasteiger partial charge in [-0.2, -0.15) is 0 Å². The van der Waals surface area contributed by atoms with Crippen LogP contribution in [0.4, 0.5) is 0 Å². The number of quaternary nitrogens is 1. The van der Waals surface area contributed by atoms with E-state index in [1.54, 1.807) is 0 Å². The summed E-state index contributed by atoms with van der Waals surface area (Å²) >= 11 is 0. The lowest BCUT2D eigenvalue weighted by atomic mass is 10.0. The maximum absolute atomic E-state index is 14.3. The highest BCUT2D eigenvalue weighted by atomic mass is 16.3. The Labute approximate surface area is 585 Å². The van der Waals surface area contributed by atoms with Gasteiger partial charge in [0.05, 0.1) is 32.3 Å². The minimum Gasteiger partial charge on any atom is -0.390 e. The molecule has 5 N–H and O–H groups in total. The quantitative estimate of drug-likeness (QED) is 0.0301. The molecule has 0 spiro atoms. The average molecular weight is 1330 g/mol. The molecule has 1 unspecified atom stereocenters. The molecule has 0 aromatic carbocycles. The molecular weight excluding hydrogens is 1160 g/mol. The molecule has 0 rings (SSSR count). The Hall–Kier alpha value is -2.28. The van der Waals surface area contributed by atoms with Gasteiger partial charge < -0.3 is 35.8 Å². The van der Waals surface area contributed by atoms with E-state index in [1.807, 2.05) is 4.90 Å². The number of aliphatic hydroxyl groups excluding tert-OH is 1. The molecule has 94 heavy (non-hydrogen) atoms. The van der Waals surface area contributed by atoms with E-state index < -0.39 is 6.10 Å². The van der Waals surface area contributed by atoms with Crippen LogP contribution in [-0.2, 0) is 19.2 Å². The molecule has 0 aromatic rings. The van der Waals surface area contributed by atoms with Crippen molar-refractivity contribution in [1.29, 1.82) is 0 Å². The van der Waals surface area contributed by atoms with Crippen LogP contribution in [0.1, 0.15) is 408 Å². The second-order valence-electron chi connectivity index (χ2n) is 29.7. The zero-order chi connectivity index (χ0) is 68.6. The first-order valence-corrected chi connectivity index (χ1v) is 42.1.